The number of halogens is 2. The SMILES string of the molecule is CC(C)(C)C(=O)[O][Ti+2][CH]1C2=C(CCCC2)C2=C1CCCC2.[Cl-].[Cl-]. The van der Waals surface area contributed by atoms with Crippen LogP contribution in [0.5, 0.6) is 0 Å². The van der Waals surface area contributed by atoms with E-state index in [9.17, 15) is 4.79 Å². The molecule has 0 saturated heterocycles. The van der Waals surface area contributed by atoms with E-state index < -0.39 is 19.5 Å². The van der Waals surface area contributed by atoms with Gasteiger partial charge in [-0.3, -0.25) is 0 Å². The minimum Gasteiger partial charge on any atom is -1.00 e. The Morgan fingerprint density at radius 3 is 1.78 bits per heavy atom. The Labute approximate surface area is 162 Å². The average Bonchev–Trinajstić information content (AvgIpc) is 2.78. The largest absolute Gasteiger partial charge is 1.00 e. The number of allylic oxidation sites excluding steroid dienone is 4. The number of rotatable bonds is 2. The zero-order valence-electron chi connectivity index (χ0n) is 14.3. The van der Waals surface area contributed by atoms with Crippen LogP contribution in [0, 0.1) is 5.41 Å². The van der Waals surface area contributed by atoms with Crippen LogP contribution in [-0.2, 0) is 27.7 Å². The van der Waals surface area contributed by atoms with E-state index in [4.69, 9.17) is 3.32 Å². The molecular formula is C18H26Cl2O2Ti. The molecule has 0 heterocycles. The van der Waals surface area contributed by atoms with Crippen molar-refractivity contribution in [3.05, 3.63) is 22.3 Å². The third-order valence-corrected chi connectivity index (χ3v) is 6.89. The molecule has 3 aliphatic carbocycles. The summed E-state index contributed by atoms with van der Waals surface area (Å²) >= 11 is -0.695. The summed E-state index contributed by atoms with van der Waals surface area (Å²) in [6.07, 6.45) is 10.4. The van der Waals surface area contributed by atoms with Crippen LogP contribution in [0.3, 0.4) is 0 Å². The Morgan fingerprint density at radius 2 is 1.35 bits per heavy atom. The van der Waals surface area contributed by atoms with E-state index in [2.05, 4.69) is 0 Å². The van der Waals surface area contributed by atoms with E-state index >= 15 is 0 Å². The molecule has 0 N–H and O–H groups in total. The van der Waals surface area contributed by atoms with Gasteiger partial charge in [0, 0.05) is 0 Å². The predicted molar refractivity (Wildman–Crippen MR) is 80.3 cm³/mol. The van der Waals surface area contributed by atoms with Crippen molar-refractivity contribution in [3.8, 4) is 0 Å². The smallest absolute Gasteiger partial charge is 1.00 e. The van der Waals surface area contributed by atoms with Gasteiger partial charge in [0.2, 0.25) is 0 Å². The Hall–Kier alpha value is 0.244. The minimum atomic E-state index is -0.695. The Bertz CT molecular complexity index is 486. The number of carbonyl (C=O) groups excluding carboxylic acids is 1. The fourth-order valence-corrected chi connectivity index (χ4v) is 6.07. The van der Waals surface area contributed by atoms with Gasteiger partial charge in [0.15, 0.2) is 0 Å². The van der Waals surface area contributed by atoms with Crippen LogP contribution >= 0.6 is 0 Å². The van der Waals surface area contributed by atoms with Crippen molar-refractivity contribution >= 4 is 5.97 Å². The third kappa shape index (κ3) is 4.45. The average molecular weight is 393 g/mol. The first kappa shape index (κ1) is 21.3. The molecule has 0 aromatic rings. The fourth-order valence-electron chi connectivity index (χ4n) is 3.80. The second kappa shape index (κ2) is 8.56. The molecule has 3 rings (SSSR count). The van der Waals surface area contributed by atoms with E-state index in [1.165, 1.54) is 51.4 Å². The summed E-state index contributed by atoms with van der Waals surface area (Å²) in [4.78, 5) is 12.1. The summed E-state index contributed by atoms with van der Waals surface area (Å²) < 4.78 is 6.35. The van der Waals surface area contributed by atoms with Crippen molar-refractivity contribution in [1.29, 1.82) is 0 Å². The van der Waals surface area contributed by atoms with Gasteiger partial charge in [0.05, 0.1) is 0 Å². The van der Waals surface area contributed by atoms with E-state index in [0.717, 1.165) is 0 Å². The Morgan fingerprint density at radius 1 is 0.913 bits per heavy atom. The van der Waals surface area contributed by atoms with Crippen molar-refractivity contribution in [3.63, 3.8) is 0 Å². The van der Waals surface area contributed by atoms with Gasteiger partial charge in [-0.25, -0.2) is 0 Å². The zero-order valence-corrected chi connectivity index (χ0v) is 17.4. The standard InChI is InChI=1S/C13H17.C5H10O2.2ClH.Ti/c1-3-7-12-10(5-1)9-11-6-2-4-8-13(11)12;1-5(2,3)4(6)7;;;/h9H,1-8H2;1-3H3,(H,6,7);2*1H;/q;;;;+3/p-3. The summed E-state index contributed by atoms with van der Waals surface area (Å²) in [5.74, 6) is -0.00896. The molecule has 128 valence electrons. The van der Waals surface area contributed by atoms with Crippen molar-refractivity contribution in [2.75, 3.05) is 0 Å². The summed E-state index contributed by atoms with van der Waals surface area (Å²) in [5, 5.41) is 0. The van der Waals surface area contributed by atoms with Crippen LogP contribution in [0.25, 0.3) is 0 Å². The second-order valence-corrected chi connectivity index (χ2v) is 9.20. The molecule has 0 atom stereocenters. The Kier molecular flexibility index (Phi) is 7.92. The molecule has 0 saturated carbocycles. The molecule has 3 aliphatic rings. The summed E-state index contributed by atoms with van der Waals surface area (Å²) in [6, 6.07) is 0. The number of fused-ring (bicyclic) bond motifs is 1. The molecule has 0 unspecified atom stereocenters. The normalized spacial score (nSPS) is 20.8. The molecule has 0 fully saturated rings. The minimum absolute atomic E-state index is 0. The summed E-state index contributed by atoms with van der Waals surface area (Å²) in [7, 11) is 0. The van der Waals surface area contributed by atoms with E-state index in [1.54, 1.807) is 22.3 Å². The molecule has 0 bridgehead atoms. The predicted octanol–water partition coefficient (Wildman–Crippen LogP) is -0.875. The molecule has 0 radical (unpaired) electrons. The molecule has 5 heteroatoms. The first-order valence-electron chi connectivity index (χ1n) is 8.39. The van der Waals surface area contributed by atoms with Gasteiger partial charge >= 0.3 is 138 Å². The number of hydrogen-bond donors (Lipinski definition) is 0. The maximum atomic E-state index is 12.1. The fraction of sp³-hybridized carbons (Fsp3) is 0.722. The molecule has 0 aliphatic heterocycles. The van der Waals surface area contributed by atoms with Gasteiger partial charge in [-0.2, -0.15) is 0 Å². The maximum absolute atomic E-state index is 12.1. The van der Waals surface area contributed by atoms with Gasteiger partial charge in [-0.15, -0.1) is 0 Å². The quantitative estimate of drug-likeness (QED) is 0.571. The van der Waals surface area contributed by atoms with Crippen LogP contribution < -0.4 is 24.8 Å². The summed E-state index contributed by atoms with van der Waals surface area (Å²) in [5.41, 5.74) is 6.37. The van der Waals surface area contributed by atoms with Gasteiger partial charge in [-0.1, -0.05) is 0 Å². The van der Waals surface area contributed by atoms with Gasteiger partial charge < -0.3 is 24.8 Å². The number of carbonyl (C=O) groups is 1. The van der Waals surface area contributed by atoms with Crippen molar-refractivity contribution in [1.82, 2.24) is 0 Å². The van der Waals surface area contributed by atoms with Crippen molar-refractivity contribution in [2.24, 2.45) is 5.41 Å². The van der Waals surface area contributed by atoms with Crippen LogP contribution in [0.1, 0.15) is 72.1 Å². The first-order chi connectivity index (χ1) is 9.98. The summed E-state index contributed by atoms with van der Waals surface area (Å²) in [6.45, 7) is 5.85. The van der Waals surface area contributed by atoms with Gasteiger partial charge in [0.1, 0.15) is 0 Å². The molecule has 0 aromatic carbocycles. The van der Waals surface area contributed by atoms with Gasteiger partial charge in [0.25, 0.3) is 0 Å². The van der Waals surface area contributed by atoms with Crippen LogP contribution in [0.4, 0.5) is 0 Å². The maximum Gasteiger partial charge on any atom is -1.00 e. The van der Waals surface area contributed by atoms with Crippen molar-refractivity contribution < 1.29 is 52.5 Å². The molecule has 2 nitrogen and oxygen atoms in total. The van der Waals surface area contributed by atoms with E-state index in [-0.39, 0.29) is 36.2 Å². The first-order valence-corrected chi connectivity index (χ1v) is 9.93. The van der Waals surface area contributed by atoms with Crippen LogP contribution in [0.15, 0.2) is 22.3 Å². The molecule has 0 aromatic heterocycles. The molecule has 23 heavy (non-hydrogen) atoms. The van der Waals surface area contributed by atoms with Crippen LogP contribution in [-0.4, -0.2) is 5.97 Å². The topological polar surface area (TPSA) is 26.3 Å². The third-order valence-electron chi connectivity index (χ3n) is 4.96. The van der Waals surface area contributed by atoms with Crippen molar-refractivity contribution in [2.45, 2.75) is 76.4 Å². The molecular weight excluding hydrogens is 367 g/mol. The zero-order chi connectivity index (χ0) is 15.0. The van der Waals surface area contributed by atoms with E-state index in [1.807, 2.05) is 20.8 Å². The van der Waals surface area contributed by atoms with Gasteiger partial charge in [-0.05, 0) is 0 Å². The van der Waals surface area contributed by atoms with Crippen LogP contribution in [0.2, 0.25) is 4.22 Å². The van der Waals surface area contributed by atoms with E-state index in [0.29, 0.717) is 4.22 Å². The molecule has 0 spiro atoms. The monoisotopic (exact) mass is 392 g/mol. The number of hydrogen-bond acceptors (Lipinski definition) is 2. The molecule has 0 amide bonds. The second-order valence-electron chi connectivity index (χ2n) is 7.61. The Balaban J connectivity index is 0.00000132.